The van der Waals surface area contributed by atoms with Gasteiger partial charge < -0.3 is 36.0 Å². The lowest BCUT2D eigenvalue weighted by atomic mass is 9.98. The third-order valence-electron chi connectivity index (χ3n) is 9.45. The quantitative estimate of drug-likeness (QED) is 0.169. The maximum Gasteiger partial charge on any atom is 0.407 e. The second-order valence-electron chi connectivity index (χ2n) is 13.7. The van der Waals surface area contributed by atoms with Gasteiger partial charge in [0.25, 0.3) is 0 Å². The standard InChI is InChI=1S/C39H47N5O7/c1-23(2)19-33(37(48)41-27-15-13-26(21-45)14-16-27)43-36(47)25(4)44-24(3)20-34(38(44)49)42-35(46)17-18-40-39(50)51-22-32-30-11-7-5-9-28(30)29-10-6-8-12-31(29)32/h5-16,23-25,32-34,45H,17-22H2,1-4H3,(H,40,50)(H,41,48)(H,42,46)(H,43,47)/t24?,25-,33-,34-/m0/s1. The fraction of sp³-hybridized carbons (Fsp3) is 0.410. The van der Waals surface area contributed by atoms with Crippen molar-refractivity contribution in [2.75, 3.05) is 18.5 Å². The summed E-state index contributed by atoms with van der Waals surface area (Å²) in [6.45, 7) is 7.36. The number of nitrogens with zero attached hydrogens (tertiary/aromatic N) is 1. The van der Waals surface area contributed by atoms with Crippen LogP contribution in [0.4, 0.5) is 10.5 Å². The van der Waals surface area contributed by atoms with Crippen molar-refractivity contribution in [2.45, 2.75) is 83.6 Å². The van der Waals surface area contributed by atoms with E-state index in [1.165, 1.54) is 4.90 Å². The molecule has 12 nitrogen and oxygen atoms in total. The molecular weight excluding hydrogens is 650 g/mol. The van der Waals surface area contributed by atoms with Gasteiger partial charge in [-0.05, 0) is 72.6 Å². The summed E-state index contributed by atoms with van der Waals surface area (Å²) >= 11 is 0. The Labute approximate surface area is 298 Å². The molecule has 12 heteroatoms. The first-order valence-corrected chi connectivity index (χ1v) is 17.5. The molecule has 3 aromatic carbocycles. The summed E-state index contributed by atoms with van der Waals surface area (Å²) in [5.41, 5.74) is 5.70. The molecule has 2 aliphatic rings. The van der Waals surface area contributed by atoms with Gasteiger partial charge in [-0.1, -0.05) is 74.5 Å². The topological polar surface area (TPSA) is 166 Å². The average molecular weight is 698 g/mol. The number of hydrogen-bond acceptors (Lipinski definition) is 7. The summed E-state index contributed by atoms with van der Waals surface area (Å²) < 4.78 is 5.54. The van der Waals surface area contributed by atoms with E-state index in [0.29, 0.717) is 24.1 Å². The first-order valence-electron chi connectivity index (χ1n) is 17.5. The Balaban J connectivity index is 1.07. The van der Waals surface area contributed by atoms with Crippen molar-refractivity contribution in [1.82, 2.24) is 20.9 Å². The molecule has 5 rings (SSSR count). The van der Waals surface area contributed by atoms with Gasteiger partial charge in [0, 0.05) is 30.6 Å². The summed E-state index contributed by atoms with van der Waals surface area (Å²) in [6.07, 6.45) is -0.00885. The molecular formula is C39H47N5O7. The number of nitrogens with one attached hydrogen (secondary N) is 4. The molecule has 4 atom stereocenters. The van der Waals surface area contributed by atoms with Gasteiger partial charge in [0.15, 0.2) is 0 Å². The Morgan fingerprint density at radius 1 is 0.902 bits per heavy atom. The van der Waals surface area contributed by atoms with Crippen LogP contribution in [0.25, 0.3) is 11.1 Å². The Hall–Kier alpha value is -5.23. The number of aliphatic hydroxyl groups is 1. The lowest BCUT2D eigenvalue weighted by molar-refractivity contribution is -0.140. The van der Waals surface area contributed by atoms with Gasteiger partial charge in [0.05, 0.1) is 6.61 Å². The number of amides is 5. The van der Waals surface area contributed by atoms with Crippen LogP contribution in [0.2, 0.25) is 0 Å². The molecule has 1 aliphatic carbocycles. The van der Waals surface area contributed by atoms with E-state index in [0.717, 1.165) is 22.3 Å². The molecule has 0 spiro atoms. The number of anilines is 1. The number of alkyl carbamates (subject to hydrolysis) is 1. The maximum atomic E-state index is 13.4. The van der Waals surface area contributed by atoms with Gasteiger partial charge in [-0.15, -0.1) is 0 Å². The van der Waals surface area contributed by atoms with E-state index in [-0.39, 0.29) is 44.1 Å². The first kappa shape index (κ1) is 37.0. The molecule has 51 heavy (non-hydrogen) atoms. The molecule has 1 unspecified atom stereocenters. The molecule has 1 saturated heterocycles. The van der Waals surface area contributed by atoms with E-state index >= 15 is 0 Å². The van der Waals surface area contributed by atoms with E-state index in [4.69, 9.17) is 4.74 Å². The van der Waals surface area contributed by atoms with Crippen molar-refractivity contribution in [2.24, 2.45) is 5.92 Å². The number of carbonyl (C=O) groups is 5. The number of benzene rings is 3. The second-order valence-corrected chi connectivity index (χ2v) is 13.7. The molecule has 1 heterocycles. The zero-order chi connectivity index (χ0) is 36.7. The molecule has 1 aliphatic heterocycles. The zero-order valence-electron chi connectivity index (χ0n) is 29.5. The lowest BCUT2D eigenvalue weighted by Gasteiger charge is -2.30. The van der Waals surface area contributed by atoms with E-state index in [1.807, 2.05) is 50.2 Å². The van der Waals surface area contributed by atoms with Gasteiger partial charge in [-0.2, -0.15) is 0 Å². The molecule has 5 N–H and O–H groups in total. The Morgan fingerprint density at radius 3 is 2.14 bits per heavy atom. The van der Waals surface area contributed by atoms with Gasteiger partial charge >= 0.3 is 6.09 Å². The highest BCUT2D eigenvalue weighted by Crippen LogP contribution is 2.44. The lowest BCUT2D eigenvalue weighted by Crippen LogP contribution is -2.54. The van der Waals surface area contributed by atoms with E-state index in [1.54, 1.807) is 38.1 Å². The molecule has 5 amide bonds. The van der Waals surface area contributed by atoms with Gasteiger partial charge in [0.1, 0.15) is 24.7 Å². The minimum Gasteiger partial charge on any atom is -0.449 e. The number of carbonyl (C=O) groups excluding carboxylic acids is 5. The Bertz CT molecular complexity index is 1700. The second kappa shape index (κ2) is 16.7. The average Bonchev–Trinajstić information content (AvgIpc) is 3.58. The van der Waals surface area contributed by atoms with E-state index in [2.05, 4.69) is 33.4 Å². The van der Waals surface area contributed by atoms with Crippen LogP contribution in [0, 0.1) is 5.92 Å². The molecule has 270 valence electrons. The van der Waals surface area contributed by atoms with Crippen molar-refractivity contribution in [3.05, 3.63) is 89.5 Å². The number of rotatable bonds is 14. The van der Waals surface area contributed by atoms with Crippen LogP contribution < -0.4 is 21.3 Å². The third-order valence-corrected chi connectivity index (χ3v) is 9.45. The number of hydrogen-bond donors (Lipinski definition) is 5. The summed E-state index contributed by atoms with van der Waals surface area (Å²) in [7, 11) is 0. The predicted molar refractivity (Wildman–Crippen MR) is 192 cm³/mol. The highest BCUT2D eigenvalue weighted by atomic mass is 16.5. The van der Waals surface area contributed by atoms with Crippen LogP contribution in [0.1, 0.15) is 69.6 Å². The number of likely N-dealkylation sites (tertiary alicyclic amines) is 1. The summed E-state index contributed by atoms with van der Waals surface area (Å²) in [5.74, 6) is -1.66. The fourth-order valence-corrected chi connectivity index (χ4v) is 6.88. The zero-order valence-corrected chi connectivity index (χ0v) is 29.5. The van der Waals surface area contributed by atoms with Crippen LogP contribution in [0.15, 0.2) is 72.8 Å². The molecule has 0 bridgehead atoms. The van der Waals surface area contributed by atoms with Crippen molar-refractivity contribution in [3.8, 4) is 11.1 Å². The SMILES string of the molecule is CC(C)C[C@H](NC(=O)[C@H](C)N1C(=O)[C@@H](NC(=O)CCNC(=O)OCC2c3ccccc3-c3ccccc32)CC1C)C(=O)Nc1ccc(CO)cc1. The normalized spacial score (nSPS) is 17.7. The van der Waals surface area contributed by atoms with Crippen LogP contribution >= 0.6 is 0 Å². The summed E-state index contributed by atoms with van der Waals surface area (Å²) in [6, 6.07) is 20.0. The van der Waals surface area contributed by atoms with Crippen LogP contribution in [0.3, 0.4) is 0 Å². The number of fused-ring (bicyclic) bond motifs is 3. The third kappa shape index (κ3) is 8.93. The first-order chi connectivity index (χ1) is 24.5. The molecule has 1 fully saturated rings. The largest absolute Gasteiger partial charge is 0.449 e. The van der Waals surface area contributed by atoms with Gasteiger partial charge in [-0.25, -0.2) is 4.79 Å². The smallest absolute Gasteiger partial charge is 0.407 e. The highest BCUT2D eigenvalue weighted by molar-refractivity contribution is 5.99. The van der Waals surface area contributed by atoms with Crippen molar-refractivity contribution >= 4 is 35.4 Å². The van der Waals surface area contributed by atoms with Gasteiger partial charge in [0.2, 0.25) is 23.6 Å². The Kier molecular flexibility index (Phi) is 12.1. The van der Waals surface area contributed by atoms with Crippen molar-refractivity contribution < 1.29 is 33.8 Å². The molecule has 0 aromatic heterocycles. The Morgan fingerprint density at radius 2 is 1.53 bits per heavy atom. The maximum absolute atomic E-state index is 13.4. The van der Waals surface area contributed by atoms with Crippen LogP contribution in [-0.4, -0.2) is 77.0 Å². The fourth-order valence-electron chi connectivity index (χ4n) is 6.88. The highest BCUT2D eigenvalue weighted by Gasteiger charge is 2.42. The van der Waals surface area contributed by atoms with E-state index < -0.39 is 47.8 Å². The predicted octanol–water partition coefficient (Wildman–Crippen LogP) is 4.07. The van der Waals surface area contributed by atoms with Crippen molar-refractivity contribution in [3.63, 3.8) is 0 Å². The summed E-state index contributed by atoms with van der Waals surface area (Å²) in [4.78, 5) is 66.7. The molecule has 0 radical (unpaired) electrons. The molecule has 0 saturated carbocycles. The number of aliphatic hydroxyl groups excluding tert-OH is 1. The minimum absolute atomic E-state index is 0.0202. The monoisotopic (exact) mass is 697 g/mol. The van der Waals surface area contributed by atoms with Crippen LogP contribution in [-0.2, 0) is 30.5 Å². The summed E-state index contributed by atoms with van der Waals surface area (Å²) in [5, 5.41) is 20.3. The minimum atomic E-state index is -0.893. The van der Waals surface area contributed by atoms with E-state index in [9.17, 15) is 29.1 Å². The van der Waals surface area contributed by atoms with Crippen LogP contribution in [0.5, 0.6) is 0 Å². The van der Waals surface area contributed by atoms with Crippen molar-refractivity contribution in [1.29, 1.82) is 0 Å². The van der Waals surface area contributed by atoms with Gasteiger partial charge in [-0.3, -0.25) is 19.2 Å². The molecule has 3 aromatic rings. The number of ether oxygens (including phenoxy) is 1.